The van der Waals surface area contributed by atoms with Crippen molar-refractivity contribution in [1.29, 1.82) is 0 Å². The van der Waals surface area contributed by atoms with Gasteiger partial charge in [-0.05, 0) is 35.8 Å². The van der Waals surface area contributed by atoms with E-state index in [0.717, 1.165) is 0 Å². The van der Waals surface area contributed by atoms with Crippen LogP contribution in [0.15, 0.2) is 22.7 Å². The van der Waals surface area contributed by atoms with Gasteiger partial charge >= 0.3 is 0 Å². The number of nitrogens with zero attached hydrogens (tertiary/aromatic N) is 1. The van der Waals surface area contributed by atoms with Crippen molar-refractivity contribution in [2.75, 3.05) is 13.2 Å². The maximum Gasteiger partial charge on any atom is 0.270 e. The molecule has 0 amide bonds. The number of ether oxygens (including phenoxy) is 2. The molecule has 0 saturated heterocycles. The van der Waals surface area contributed by atoms with Gasteiger partial charge in [-0.1, -0.05) is 0 Å². The van der Waals surface area contributed by atoms with Gasteiger partial charge < -0.3 is 14.6 Å². The first-order valence-corrected chi connectivity index (χ1v) is 6.56. The summed E-state index contributed by atoms with van der Waals surface area (Å²) in [6.07, 6.45) is -0.703. The number of hydrogen-bond acceptors (Lipinski definition) is 5. The second kappa shape index (κ2) is 7.42. The van der Waals surface area contributed by atoms with Gasteiger partial charge in [0.1, 0.15) is 18.5 Å². The maximum absolute atomic E-state index is 10.6. The molecule has 0 aliphatic heterocycles. The van der Waals surface area contributed by atoms with Crippen LogP contribution in [-0.2, 0) is 4.74 Å². The highest BCUT2D eigenvalue weighted by Crippen LogP contribution is 2.29. The van der Waals surface area contributed by atoms with Gasteiger partial charge in [-0.25, -0.2) is 0 Å². The topological polar surface area (TPSA) is 81.8 Å². The normalized spacial score (nSPS) is 12.5. The summed E-state index contributed by atoms with van der Waals surface area (Å²) in [6.45, 7) is 3.99. The molecule has 0 fully saturated rings. The number of hydrogen-bond donors (Lipinski definition) is 1. The molecular weight excluding hydrogens is 318 g/mol. The van der Waals surface area contributed by atoms with Crippen LogP contribution in [0.1, 0.15) is 13.8 Å². The number of non-ortho nitro benzene ring substituents is 1. The van der Waals surface area contributed by atoms with E-state index in [1.807, 2.05) is 13.8 Å². The lowest BCUT2D eigenvalue weighted by atomic mass is 10.3. The molecule has 1 aromatic rings. The minimum absolute atomic E-state index is 0.0251. The summed E-state index contributed by atoms with van der Waals surface area (Å²) < 4.78 is 11.1. The van der Waals surface area contributed by atoms with Gasteiger partial charge in [0, 0.05) is 12.1 Å². The van der Waals surface area contributed by atoms with Gasteiger partial charge in [0.05, 0.1) is 22.1 Å². The summed E-state index contributed by atoms with van der Waals surface area (Å²) in [4.78, 5) is 10.1. The highest BCUT2D eigenvalue weighted by Gasteiger charge is 2.12. The Morgan fingerprint density at radius 2 is 2.11 bits per heavy atom. The first kappa shape index (κ1) is 15.9. The van der Waals surface area contributed by atoms with Gasteiger partial charge in [0.25, 0.3) is 5.69 Å². The van der Waals surface area contributed by atoms with Gasteiger partial charge in [0.2, 0.25) is 0 Å². The SMILES string of the molecule is CC(C)OCC(O)COc1ccc([N+](=O)[O-])cc1Br. The van der Waals surface area contributed by atoms with E-state index in [2.05, 4.69) is 15.9 Å². The average Bonchev–Trinajstić information content (AvgIpc) is 2.34. The molecule has 19 heavy (non-hydrogen) atoms. The third kappa shape index (κ3) is 5.54. The lowest BCUT2D eigenvalue weighted by Crippen LogP contribution is -2.25. The van der Waals surface area contributed by atoms with E-state index in [1.54, 1.807) is 0 Å². The quantitative estimate of drug-likeness (QED) is 0.612. The monoisotopic (exact) mass is 333 g/mol. The Bertz CT molecular complexity index is 438. The number of nitro benzene ring substituents is 1. The van der Waals surface area contributed by atoms with Crippen LogP contribution >= 0.6 is 15.9 Å². The third-order valence-corrected chi connectivity index (χ3v) is 2.80. The molecule has 0 radical (unpaired) electrons. The smallest absolute Gasteiger partial charge is 0.270 e. The molecule has 0 aromatic heterocycles. The number of nitro groups is 1. The van der Waals surface area contributed by atoms with Crippen molar-refractivity contribution in [3.63, 3.8) is 0 Å². The van der Waals surface area contributed by atoms with E-state index in [-0.39, 0.29) is 25.0 Å². The second-order valence-electron chi connectivity index (χ2n) is 4.22. The number of benzene rings is 1. The van der Waals surface area contributed by atoms with E-state index in [4.69, 9.17) is 9.47 Å². The summed E-state index contributed by atoms with van der Waals surface area (Å²) in [7, 11) is 0. The fourth-order valence-corrected chi connectivity index (χ4v) is 1.74. The van der Waals surface area contributed by atoms with Crippen LogP contribution in [0.5, 0.6) is 5.75 Å². The van der Waals surface area contributed by atoms with Crippen LogP contribution in [-0.4, -0.2) is 35.5 Å². The van der Waals surface area contributed by atoms with Crippen LogP contribution in [0.4, 0.5) is 5.69 Å². The molecule has 1 rings (SSSR count). The summed E-state index contributed by atoms with van der Waals surface area (Å²) in [5, 5.41) is 20.2. The molecule has 0 aliphatic carbocycles. The molecule has 0 aliphatic rings. The summed E-state index contributed by atoms with van der Waals surface area (Å²) in [6, 6.07) is 4.18. The van der Waals surface area contributed by atoms with Crippen LogP contribution < -0.4 is 4.74 Å². The summed E-state index contributed by atoms with van der Waals surface area (Å²) in [5.41, 5.74) is -0.0251. The summed E-state index contributed by atoms with van der Waals surface area (Å²) >= 11 is 3.19. The van der Waals surface area contributed by atoms with E-state index in [0.29, 0.717) is 10.2 Å². The Labute approximate surface area is 119 Å². The number of aliphatic hydroxyl groups is 1. The fraction of sp³-hybridized carbons (Fsp3) is 0.500. The van der Waals surface area contributed by atoms with Crippen LogP contribution in [0.2, 0.25) is 0 Å². The van der Waals surface area contributed by atoms with Gasteiger partial charge in [-0.3, -0.25) is 10.1 Å². The molecule has 1 aromatic carbocycles. The van der Waals surface area contributed by atoms with Crippen LogP contribution in [0.25, 0.3) is 0 Å². The van der Waals surface area contributed by atoms with Gasteiger partial charge in [0.15, 0.2) is 0 Å². The lowest BCUT2D eigenvalue weighted by molar-refractivity contribution is -0.385. The molecule has 106 valence electrons. The van der Waals surface area contributed by atoms with Crippen molar-refractivity contribution in [3.05, 3.63) is 32.8 Å². The van der Waals surface area contributed by atoms with E-state index >= 15 is 0 Å². The van der Waals surface area contributed by atoms with E-state index in [9.17, 15) is 15.2 Å². The fourth-order valence-electron chi connectivity index (χ4n) is 1.26. The van der Waals surface area contributed by atoms with Crippen molar-refractivity contribution >= 4 is 21.6 Å². The zero-order chi connectivity index (χ0) is 14.4. The molecule has 7 heteroatoms. The Morgan fingerprint density at radius 3 is 2.63 bits per heavy atom. The molecular formula is C12H16BrNO5. The predicted molar refractivity (Wildman–Crippen MR) is 73.4 cm³/mol. The van der Waals surface area contributed by atoms with Crippen molar-refractivity contribution in [3.8, 4) is 5.75 Å². The van der Waals surface area contributed by atoms with Crippen molar-refractivity contribution in [1.82, 2.24) is 0 Å². The minimum Gasteiger partial charge on any atom is -0.490 e. The molecule has 1 unspecified atom stereocenters. The van der Waals surface area contributed by atoms with Crippen LogP contribution in [0, 0.1) is 10.1 Å². The third-order valence-electron chi connectivity index (χ3n) is 2.18. The number of halogens is 1. The zero-order valence-corrected chi connectivity index (χ0v) is 12.3. The zero-order valence-electron chi connectivity index (χ0n) is 10.7. The molecule has 0 bridgehead atoms. The lowest BCUT2D eigenvalue weighted by Gasteiger charge is -2.15. The molecule has 6 nitrogen and oxygen atoms in total. The molecule has 0 heterocycles. The molecule has 0 spiro atoms. The molecule has 1 N–H and O–H groups in total. The van der Waals surface area contributed by atoms with Gasteiger partial charge in [-0.15, -0.1) is 0 Å². The second-order valence-corrected chi connectivity index (χ2v) is 5.07. The highest BCUT2D eigenvalue weighted by atomic mass is 79.9. The molecule has 1 atom stereocenters. The Hall–Kier alpha value is -1.18. The van der Waals surface area contributed by atoms with E-state index < -0.39 is 11.0 Å². The molecule has 0 saturated carbocycles. The van der Waals surface area contributed by atoms with Crippen molar-refractivity contribution < 1.29 is 19.5 Å². The predicted octanol–water partition coefficient (Wildman–Crippen LogP) is 2.52. The Morgan fingerprint density at radius 1 is 1.42 bits per heavy atom. The highest BCUT2D eigenvalue weighted by molar-refractivity contribution is 9.10. The first-order chi connectivity index (χ1) is 8.90. The maximum atomic E-state index is 10.6. The minimum atomic E-state index is -0.746. The van der Waals surface area contributed by atoms with Crippen molar-refractivity contribution in [2.45, 2.75) is 26.1 Å². The van der Waals surface area contributed by atoms with Crippen molar-refractivity contribution in [2.24, 2.45) is 0 Å². The average molecular weight is 334 g/mol. The van der Waals surface area contributed by atoms with Gasteiger partial charge in [-0.2, -0.15) is 0 Å². The Balaban J connectivity index is 2.51. The first-order valence-electron chi connectivity index (χ1n) is 5.76. The van der Waals surface area contributed by atoms with E-state index in [1.165, 1.54) is 18.2 Å². The number of rotatable bonds is 7. The number of aliphatic hydroxyl groups excluding tert-OH is 1. The Kier molecular flexibility index (Phi) is 6.20. The van der Waals surface area contributed by atoms with Crippen LogP contribution in [0.3, 0.4) is 0 Å². The summed E-state index contributed by atoms with van der Waals surface area (Å²) in [5.74, 6) is 0.439. The largest absolute Gasteiger partial charge is 0.490 e. The standard InChI is InChI=1S/C12H16BrNO5/c1-8(2)18-6-10(15)7-19-12-4-3-9(14(16)17)5-11(12)13/h3-5,8,10,15H,6-7H2,1-2H3.